The van der Waals surface area contributed by atoms with Crippen LogP contribution in [0.5, 0.6) is 11.5 Å². The van der Waals surface area contributed by atoms with Crippen LogP contribution in [0, 0.1) is 0 Å². The first-order chi connectivity index (χ1) is 7.22. The lowest BCUT2D eigenvalue weighted by Gasteiger charge is -2.28. The molecule has 0 aliphatic carbocycles. The molecule has 0 saturated carbocycles. The van der Waals surface area contributed by atoms with Crippen LogP contribution in [0.2, 0.25) is 0 Å². The van der Waals surface area contributed by atoms with E-state index in [1.807, 2.05) is 0 Å². The maximum absolute atomic E-state index is 11.5. The summed E-state index contributed by atoms with van der Waals surface area (Å²) >= 11 is 0. The number of rotatable bonds is 2. The van der Waals surface area contributed by atoms with Crippen LogP contribution >= 0.6 is 0 Å². The standard InChI is InChI=1S/C10H11NO4/c12-4-3-11-8-5-7(13)1-2-9(8)15-6-10(11)14/h1-2,5,12-13H,3-4,6H2. The number of amides is 1. The van der Waals surface area contributed by atoms with Crippen molar-refractivity contribution in [3.8, 4) is 11.5 Å². The summed E-state index contributed by atoms with van der Waals surface area (Å²) in [4.78, 5) is 12.9. The Morgan fingerprint density at radius 3 is 3.00 bits per heavy atom. The molecule has 0 fully saturated rings. The van der Waals surface area contributed by atoms with Gasteiger partial charge in [-0.3, -0.25) is 4.79 Å². The van der Waals surface area contributed by atoms with E-state index < -0.39 is 0 Å². The summed E-state index contributed by atoms with van der Waals surface area (Å²) in [5, 5.41) is 18.1. The van der Waals surface area contributed by atoms with Gasteiger partial charge in [-0.05, 0) is 12.1 Å². The summed E-state index contributed by atoms with van der Waals surface area (Å²) in [6.07, 6.45) is 0. The van der Waals surface area contributed by atoms with Gasteiger partial charge in [0.2, 0.25) is 0 Å². The highest BCUT2D eigenvalue weighted by atomic mass is 16.5. The van der Waals surface area contributed by atoms with Gasteiger partial charge >= 0.3 is 0 Å². The highest BCUT2D eigenvalue weighted by Gasteiger charge is 2.25. The zero-order valence-corrected chi connectivity index (χ0v) is 8.01. The molecule has 1 heterocycles. The van der Waals surface area contributed by atoms with Crippen molar-refractivity contribution < 1.29 is 19.7 Å². The van der Waals surface area contributed by atoms with E-state index >= 15 is 0 Å². The lowest BCUT2D eigenvalue weighted by Crippen LogP contribution is -2.40. The fourth-order valence-corrected chi connectivity index (χ4v) is 1.54. The molecule has 1 aliphatic heterocycles. The Morgan fingerprint density at radius 2 is 2.27 bits per heavy atom. The third-order valence-corrected chi connectivity index (χ3v) is 2.21. The van der Waals surface area contributed by atoms with Gasteiger partial charge < -0.3 is 19.8 Å². The zero-order chi connectivity index (χ0) is 10.8. The number of carbonyl (C=O) groups is 1. The van der Waals surface area contributed by atoms with Gasteiger partial charge in [-0.2, -0.15) is 0 Å². The van der Waals surface area contributed by atoms with Gasteiger partial charge in [-0.25, -0.2) is 0 Å². The van der Waals surface area contributed by atoms with E-state index in [1.165, 1.54) is 17.0 Å². The number of nitrogens with zero attached hydrogens (tertiary/aromatic N) is 1. The first-order valence-corrected chi connectivity index (χ1v) is 4.59. The van der Waals surface area contributed by atoms with E-state index in [4.69, 9.17) is 9.84 Å². The van der Waals surface area contributed by atoms with Crippen molar-refractivity contribution in [2.45, 2.75) is 0 Å². The maximum Gasteiger partial charge on any atom is 0.265 e. The first kappa shape index (κ1) is 9.79. The number of anilines is 1. The predicted octanol–water partition coefficient (Wildman–Crippen LogP) is 0.110. The lowest BCUT2D eigenvalue weighted by molar-refractivity contribution is -0.121. The minimum absolute atomic E-state index is 0.0300. The van der Waals surface area contributed by atoms with E-state index in [-0.39, 0.29) is 31.4 Å². The average Bonchev–Trinajstić information content (AvgIpc) is 2.23. The second kappa shape index (κ2) is 3.78. The molecule has 5 nitrogen and oxygen atoms in total. The number of β-amino-alcohol motifs (C(OH)–C–C–N with tert-alkyl or cyclic N) is 1. The summed E-state index contributed by atoms with van der Waals surface area (Å²) in [5.41, 5.74) is 0.500. The topological polar surface area (TPSA) is 70.0 Å². The van der Waals surface area contributed by atoms with E-state index in [1.54, 1.807) is 6.07 Å². The molecule has 0 bridgehead atoms. The van der Waals surface area contributed by atoms with Gasteiger partial charge in [0.25, 0.3) is 5.91 Å². The van der Waals surface area contributed by atoms with Gasteiger partial charge in [0.05, 0.1) is 12.3 Å². The van der Waals surface area contributed by atoms with Crippen molar-refractivity contribution in [1.82, 2.24) is 0 Å². The summed E-state index contributed by atoms with van der Waals surface area (Å²) in [6, 6.07) is 4.54. The molecule has 1 amide bonds. The minimum atomic E-state index is -0.220. The number of hydrogen-bond acceptors (Lipinski definition) is 4. The van der Waals surface area contributed by atoms with Gasteiger partial charge in [-0.15, -0.1) is 0 Å². The third-order valence-electron chi connectivity index (χ3n) is 2.21. The molecule has 0 saturated heterocycles. The molecule has 0 unspecified atom stereocenters. The van der Waals surface area contributed by atoms with Crippen LogP contribution in [0.1, 0.15) is 0 Å². The van der Waals surface area contributed by atoms with Crippen molar-refractivity contribution in [3.63, 3.8) is 0 Å². The number of fused-ring (bicyclic) bond motifs is 1. The Bertz CT molecular complexity index is 391. The first-order valence-electron chi connectivity index (χ1n) is 4.59. The predicted molar refractivity (Wildman–Crippen MR) is 53.0 cm³/mol. The number of phenols is 1. The lowest BCUT2D eigenvalue weighted by atomic mass is 10.2. The average molecular weight is 209 g/mol. The minimum Gasteiger partial charge on any atom is -0.508 e. The quantitative estimate of drug-likeness (QED) is 0.725. The summed E-state index contributed by atoms with van der Waals surface area (Å²) in [5.74, 6) is 0.387. The van der Waals surface area contributed by atoms with E-state index in [0.29, 0.717) is 11.4 Å². The Hall–Kier alpha value is -1.75. The highest BCUT2D eigenvalue weighted by molar-refractivity contribution is 5.98. The number of ether oxygens (including phenoxy) is 1. The number of phenolic OH excluding ortho intramolecular Hbond substituents is 1. The highest BCUT2D eigenvalue weighted by Crippen LogP contribution is 2.34. The molecule has 5 heteroatoms. The molecule has 2 N–H and O–H groups in total. The van der Waals surface area contributed by atoms with Gasteiger partial charge in [0.15, 0.2) is 6.61 Å². The van der Waals surface area contributed by atoms with Crippen LogP contribution in [-0.2, 0) is 4.79 Å². The number of aliphatic hydroxyl groups excluding tert-OH is 1. The molecule has 0 atom stereocenters. The SMILES string of the molecule is O=C1COc2ccc(O)cc2N1CCO. The normalized spacial score (nSPS) is 14.7. The van der Waals surface area contributed by atoms with Crippen LogP contribution in [0.4, 0.5) is 5.69 Å². The smallest absolute Gasteiger partial charge is 0.265 e. The zero-order valence-electron chi connectivity index (χ0n) is 8.01. The molecule has 1 aromatic rings. The third kappa shape index (κ3) is 1.73. The number of aliphatic hydroxyl groups is 1. The Labute approximate surface area is 86.5 Å². The van der Waals surface area contributed by atoms with E-state index in [0.717, 1.165) is 0 Å². The molecule has 0 radical (unpaired) electrons. The number of aromatic hydroxyl groups is 1. The monoisotopic (exact) mass is 209 g/mol. The van der Waals surface area contributed by atoms with Crippen LogP contribution in [0.3, 0.4) is 0 Å². The fourth-order valence-electron chi connectivity index (χ4n) is 1.54. The van der Waals surface area contributed by atoms with Gasteiger partial charge in [0.1, 0.15) is 11.5 Å². The molecular weight excluding hydrogens is 198 g/mol. The van der Waals surface area contributed by atoms with Crippen molar-refractivity contribution in [2.24, 2.45) is 0 Å². The molecule has 80 valence electrons. The van der Waals surface area contributed by atoms with E-state index in [9.17, 15) is 9.90 Å². The number of hydrogen-bond donors (Lipinski definition) is 2. The van der Waals surface area contributed by atoms with Gasteiger partial charge in [-0.1, -0.05) is 0 Å². The van der Waals surface area contributed by atoms with E-state index in [2.05, 4.69) is 0 Å². The molecule has 1 aromatic carbocycles. The maximum atomic E-state index is 11.5. The molecule has 15 heavy (non-hydrogen) atoms. The largest absolute Gasteiger partial charge is 0.508 e. The molecule has 1 aliphatic rings. The molecule has 0 aromatic heterocycles. The van der Waals surface area contributed by atoms with Crippen LogP contribution in [0.15, 0.2) is 18.2 Å². The van der Waals surface area contributed by atoms with Crippen molar-refractivity contribution in [3.05, 3.63) is 18.2 Å². The fraction of sp³-hybridized carbons (Fsp3) is 0.300. The van der Waals surface area contributed by atoms with Crippen molar-refractivity contribution in [1.29, 1.82) is 0 Å². The van der Waals surface area contributed by atoms with Crippen LogP contribution in [-0.4, -0.2) is 35.9 Å². The summed E-state index contributed by atoms with van der Waals surface area (Å²) in [6.45, 7) is 0.0528. The Kier molecular flexibility index (Phi) is 2.47. The van der Waals surface area contributed by atoms with Crippen molar-refractivity contribution >= 4 is 11.6 Å². The number of benzene rings is 1. The molecular formula is C10H11NO4. The summed E-state index contributed by atoms with van der Waals surface area (Å²) in [7, 11) is 0. The van der Waals surface area contributed by atoms with Gasteiger partial charge in [0, 0.05) is 12.6 Å². The molecule has 2 rings (SSSR count). The second-order valence-electron chi connectivity index (χ2n) is 3.21. The van der Waals surface area contributed by atoms with Crippen LogP contribution < -0.4 is 9.64 Å². The second-order valence-corrected chi connectivity index (χ2v) is 3.21. The van der Waals surface area contributed by atoms with Crippen LogP contribution in [0.25, 0.3) is 0 Å². The Morgan fingerprint density at radius 1 is 1.47 bits per heavy atom. The molecule has 0 spiro atoms. The summed E-state index contributed by atoms with van der Waals surface area (Å²) < 4.78 is 5.18. The Balaban J connectivity index is 2.41. The number of carbonyl (C=O) groups excluding carboxylic acids is 1. The van der Waals surface area contributed by atoms with Crippen molar-refractivity contribution in [2.75, 3.05) is 24.7 Å².